The SMILES string of the molecule is CC(C)(C)N1CCC(=Cc2ccc(CO)cc2)CC1. The van der Waals surface area contributed by atoms with Crippen LogP contribution < -0.4 is 0 Å². The summed E-state index contributed by atoms with van der Waals surface area (Å²) in [5.74, 6) is 0. The highest BCUT2D eigenvalue weighted by molar-refractivity contribution is 5.53. The minimum atomic E-state index is 0.122. The molecular formula is C17H25NO. The molecule has 0 aliphatic carbocycles. The lowest BCUT2D eigenvalue weighted by Crippen LogP contribution is -2.44. The molecule has 1 aliphatic rings. The lowest BCUT2D eigenvalue weighted by Gasteiger charge is -2.39. The van der Waals surface area contributed by atoms with E-state index in [1.54, 1.807) is 0 Å². The molecule has 2 nitrogen and oxygen atoms in total. The Labute approximate surface area is 116 Å². The predicted octanol–water partition coefficient (Wildman–Crippen LogP) is 3.46. The number of aliphatic hydroxyl groups is 1. The van der Waals surface area contributed by atoms with Gasteiger partial charge in [-0.3, -0.25) is 4.90 Å². The van der Waals surface area contributed by atoms with E-state index < -0.39 is 0 Å². The molecule has 1 aromatic rings. The summed E-state index contributed by atoms with van der Waals surface area (Å²) in [7, 11) is 0. The molecule has 0 radical (unpaired) electrons. The van der Waals surface area contributed by atoms with Gasteiger partial charge in [0.15, 0.2) is 0 Å². The van der Waals surface area contributed by atoms with Gasteiger partial charge in [-0.2, -0.15) is 0 Å². The van der Waals surface area contributed by atoms with Crippen molar-refractivity contribution in [1.29, 1.82) is 0 Å². The van der Waals surface area contributed by atoms with Crippen molar-refractivity contribution in [2.45, 2.75) is 45.8 Å². The van der Waals surface area contributed by atoms with Crippen LogP contribution in [0.2, 0.25) is 0 Å². The molecule has 2 heteroatoms. The second-order valence-electron chi connectivity index (χ2n) is 6.36. The van der Waals surface area contributed by atoms with Crippen molar-refractivity contribution in [1.82, 2.24) is 4.90 Å². The summed E-state index contributed by atoms with van der Waals surface area (Å²) in [6.45, 7) is 9.30. The van der Waals surface area contributed by atoms with Gasteiger partial charge in [-0.15, -0.1) is 0 Å². The third kappa shape index (κ3) is 3.92. The highest BCUT2D eigenvalue weighted by Crippen LogP contribution is 2.24. The smallest absolute Gasteiger partial charge is 0.0681 e. The highest BCUT2D eigenvalue weighted by atomic mass is 16.3. The van der Waals surface area contributed by atoms with Crippen LogP contribution in [-0.4, -0.2) is 28.6 Å². The maximum atomic E-state index is 9.03. The van der Waals surface area contributed by atoms with Crippen LogP contribution in [-0.2, 0) is 6.61 Å². The largest absolute Gasteiger partial charge is 0.392 e. The number of aliphatic hydroxyl groups excluding tert-OH is 1. The van der Waals surface area contributed by atoms with Crippen LogP contribution in [0.5, 0.6) is 0 Å². The Morgan fingerprint density at radius 2 is 1.68 bits per heavy atom. The van der Waals surface area contributed by atoms with Gasteiger partial charge in [-0.1, -0.05) is 35.9 Å². The second-order valence-corrected chi connectivity index (χ2v) is 6.36. The molecule has 1 N–H and O–H groups in total. The molecule has 1 heterocycles. The lowest BCUT2D eigenvalue weighted by atomic mass is 9.96. The topological polar surface area (TPSA) is 23.5 Å². The maximum Gasteiger partial charge on any atom is 0.0681 e. The number of piperidine rings is 1. The first-order valence-electron chi connectivity index (χ1n) is 7.13. The van der Waals surface area contributed by atoms with Gasteiger partial charge < -0.3 is 5.11 Å². The van der Waals surface area contributed by atoms with Gasteiger partial charge in [-0.05, 0) is 44.7 Å². The maximum absolute atomic E-state index is 9.03. The van der Waals surface area contributed by atoms with E-state index in [2.05, 4.69) is 43.9 Å². The minimum absolute atomic E-state index is 0.122. The molecule has 0 amide bonds. The zero-order chi connectivity index (χ0) is 13.9. The minimum Gasteiger partial charge on any atom is -0.392 e. The van der Waals surface area contributed by atoms with Crippen molar-refractivity contribution in [2.24, 2.45) is 0 Å². The Morgan fingerprint density at radius 1 is 1.11 bits per heavy atom. The first-order valence-corrected chi connectivity index (χ1v) is 7.13. The van der Waals surface area contributed by atoms with Crippen molar-refractivity contribution in [2.75, 3.05) is 13.1 Å². The van der Waals surface area contributed by atoms with Crippen LogP contribution in [0.25, 0.3) is 6.08 Å². The van der Waals surface area contributed by atoms with Gasteiger partial charge in [0.1, 0.15) is 0 Å². The summed E-state index contributed by atoms with van der Waals surface area (Å²) in [4.78, 5) is 2.55. The van der Waals surface area contributed by atoms with Crippen molar-refractivity contribution in [3.05, 3.63) is 41.0 Å². The van der Waals surface area contributed by atoms with E-state index in [0.29, 0.717) is 0 Å². The van der Waals surface area contributed by atoms with E-state index >= 15 is 0 Å². The second kappa shape index (κ2) is 5.89. The normalized spacial score (nSPS) is 17.6. The molecule has 104 valence electrons. The lowest BCUT2D eigenvalue weighted by molar-refractivity contribution is 0.126. The highest BCUT2D eigenvalue weighted by Gasteiger charge is 2.24. The van der Waals surface area contributed by atoms with Crippen LogP contribution in [0.15, 0.2) is 29.8 Å². The standard InChI is InChI=1S/C17H25NO/c1-17(2,3)18-10-8-15(9-11-18)12-14-4-6-16(13-19)7-5-14/h4-7,12,19H,8-11,13H2,1-3H3. The number of hydrogen-bond donors (Lipinski definition) is 1. The van der Waals surface area contributed by atoms with Crippen LogP contribution in [0.4, 0.5) is 0 Å². The zero-order valence-corrected chi connectivity index (χ0v) is 12.3. The molecule has 1 aliphatic heterocycles. The van der Waals surface area contributed by atoms with Crippen molar-refractivity contribution >= 4 is 6.08 Å². The van der Waals surface area contributed by atoms with E-state index in [1.165, 1.54) is 24.0 Å². The molecule has 1 aromatic carbocycles. The van der Waals surface area contributed by atoms with Gasteiger partial charge in [-0.25, -0.2) is 0 Å². The molecule has 19 heavy (non-hydrogen) atoms. The summed E-state index contributed by atoms with van der Waals surface area (Å²) in [6, 6.07) is 8.18. The van der Waals surface area contributed by atoms with Gasteiger partial charge in [0.25, 0.3) is 0 Å². The summed E-state index contributed by atoms with van der Waals surface area (Å²) in [6.07, 6.45) is 4.64. The molecule has 2 rings (SSSR count). The monoisotopic (exact) mass is 259 g/mol. The fourth-order valence-electron chi connectivity index (χ4n) is 2.56. The van der Waals surface area contributed by atoms with E-state index in [-0.39, 0.29) is 12.1 Å². The van der Waals surface area contributed by atoms with E-state index in [4.69, 9.17) is 5.11 Å². The molecule has 0 saturated carbocycles. The van der Waals surface area contributed by atoms with Crippen LogP contribution >= 0.6 is 0 Å². The summed E-state index contributed by atoms with van der Waals surface area (Å²) < 4.78 is 0. The van der Waals surface area contributed by atoms with Crippen LogP contribution in [0.3, 0.4) is 0 Å². The quantitative estimate of drug-likeness (QED) is 0.879. The first kappa shape index (κ1) is 14.3. The Balaban J connectivity index is 1.98. The Kier molecular flexibility index (Phi) is 4.43. The van der Waals surface area contributed by atoms with Crippen molar-refractivity contribution in [3.63, 3.8) is 0 Å². The average molecular weight is 259 g/mol. The van der Waals surface area contributed by atoms with Gasteiger partial charge >= 0.3 is 0 Å². The molecule has 1 saturated heterocycles. The first-order chi connectivity index (χ1) is 8.99. The summed E-state index contributed by atoms with van der Waals surface area (Å²) in [5, 5.41) is 9.03. The predicted molar refractivity (Wildman–Crippen MR) is 80.9 cm³/mol. The average Bonchev–Trinajstić information content (AvgIpc) is 2.39. The number of benzene rings is 1. The fourth-order valence-corrected chi connectivity index (χ4v) is 2.56. The van der Waals surface area contributed by atoms with Gasteiger partial charge in [0.05, 0.1) is 6.61 Å². The third-order valence-corrected chi connectivity index (χ3v) is 3.89. The summed E-state index contributed by atoms with van der Waals surface area (Å²) in [5.41, 5.74) is 4.05. The zero-order valence-electron chi connectivity index (χ0n) is 12.3. The van der Waals surface area contributed by atoms with Crippen molar-refractivity contribution in [3.8, 4) is 0 Å². The summed E-state index contributed by atoms with van der Waals surface area (Å²) >= 11 is 0. The molecule has 0 aromatic heterocycles. The van der Waals surface area contributed by atoms with Gasteiger partial charge in [0, 0.05) is 18.6 Å². The third-order valence-electron chi connectivity index (χ3n) is 3.89. The van der Waals surface area contributed by atoms with Gasteiger partial charge in [0.2, 0.25) is 0 Å². The van der Waals surface area contributed by atoms with Crippen molar-refractivity contribution < 1.29 is 5.11 Å². The Hall–Kier alpha value is -1.12. The number of rotatable bonds is 2. The van der Waals surface area contributed by atoms with Crippen LogP contribution in [0.1, 0.15) is 44.7 Å². The van der Waals surface area contributed by atoms with E-state index in [9.17, 15) is 0 Å². The van der Waals surface area contributed by atoms with E-state index in [1.807, 2.05) is 12.1 Å². The molecular weight excluding hydrogens is 234 g/mol. The van der Waals surface area contributed by atoms with Crippen LogP contribution in [0, 0.1) is 0 Å². The molecule has 0 atom stereocenters. The Morgan fingerprint density at radius 3 is 2.16 bits per heavy atom. The number of likely N-dealkylation sites (tertiary alicyclic amines) is 1. The molecule has 0 spiro atoms. The molecule has 0 bridgehead atoms. The Bertz CT molecular complexity index is 429. The van der Waals surface area contributed by atoms with E-state index in [0.717, 1.165) is 18.7 Å². The molecule has 1 fully saturated rings. The number of hydrogen-bond acceptors (Lipinski definition) is 2. The fraction of sp³-hybridized carbons (Fsp3) is 0.529. The number of nitrogens with zero attached hydrogens (tertiary/aromatic N) is 1. The molecule has 0 unspecified atom stereocenters.